The number of carbonyl (C=O) groups is 2. The number of hydrogen-bond acceptors (Lipinski definition) is 7. The van der Waals surface area contributed by atoms with Crippen molar-refractivity contribution in [3.8, 4) is 16.9 Å². The molecule has 2 aliphatic heterocycles. The summed E-state index contributed by atoms with van der Waals surface area (Å²) >= 11 is 6.86. The van der Waals surface area contributed by atoms with Crippen LogP contribution in [0.15, 0.2) is 66.9 Å². The molecule has 0 bridgehead atoms. The van der Waals surface area contributed by atoms with Gasteiger partial charge in [-0.05, 0) is 85.3 Å². The van der Waals surface area contributed by atoms with Crippen LogP contribution in [0.5, 0.6) is 5.75 Å². The largest absolute Gasteiger partial charge is 0.496 e. The number of nitrogens with zero attached hydrogens (tertiary/aromatic N) is 3. The van der Waals surface area contributed by atoms with Crippen LogP contribution in [0.4, 0.5) is 18.9 Å². The lowest BCUT2D eigenvalue weighted by atomic mass is 9.90. The van der Waals surface area contributed by atoms with E-state index < -0.39 is 29.0 Å². The van der Waals surface area contributed by atoms with Gasteiger partial charge < -0.3 is 20.3 Å². The molecule has 2 atom stereocenters. The summed E-state index contributed by atoms with van der Waals surface area (Å²) in [6.07, 6.45) is 0.825. The van der Waals surface area contributed by atoms with Gasteiger partial charge in [0.2, 0.25) is 0 Å². The molecule has 1 amide bonds. The number of β-amino-alcohol motifs (C(OH)–C–C–N with tert-alkyl or cyclic N) is 1. The summed E-state index contributed by atoms with van der Waals surface area (Å²) < 4.78 is 48.9. The fourth-order valence-electron chi connectivity index (χ4n) is 7.14. The smallest absolute Gasteiger partial charge is 0.417 e. The molecule has 0 saturated carbocycles. The zero-order valence-electron chi connectivity index (χ0n) is 30.2. The fourth-order valence-corrected chi connectivity index (χ4v) is 7.41. The molecule has 0 aliphatic carbocycles. The molecule has 9 nitrogen and oxygen atoms in total. The summed E-state index contributed by atoms with van der Waals surface area (Å²) in [5.74, 6) is -1.09. The highest BCUT2D eigenvalue weighted by molar-refractivity contribution is 6.36. The number of aliphatic hydroxyl groups is 1. The zero-order valence-corrected chi connectivity index (χ0v) is 31.0. The number of nitrogens with one attached hydrogen (secondary N) is 1. The van der Waals surface area contributed by atoms with E-state index in [4.69, 9.17) is 16.3 Å². The van der Waals surface area contributed by atoms with Gasteiger partial charge in [0.15, 0.2) is 0 Å². The van der Waals surface area contributed by atoms with Crippen LogP contribution in [0.25, 0.3) is 23.3 Å². The molecule has 3 aromatic carbocycles. The summed E-state index contributed by atoms with van der Waals surface area (Å²) in [6, 6.07) is 16.6. The Morgan fingerprint density at radius 2 is 1.78 bits per heavy atom. The molecule has 4 aromatic rings. The standard InChI is InChI=1S/C41H42ClF3N4O5/c1-25-27(11-12-28-19-36(54-3)29(18-33(28)41(43,44)45)22-49-17-15-40(2,24-49)39(52)53)6-4-7-31(25)32-8-5-9-34(37(32)42)47-38(51)35-13-10-26(20-46-35)21-48-16-14-30(50)23-48/h4-13,18-20,30,50H,14-17,21-24H2,1-3H3,(H,47,51)(H,52,53)/b12-11+/t30-,40?/m1/s1. The number of likely N-dealkylation sites (tertiary alicyclic amines) is 2. The van der Waals surface area contributed by atoms with Gasteiger partial charge in [0.05, 0.1) is 34.9 Å². The van der Waals surface area contributed by atoms with E-state index in [1.54, 1.807) is 55.6 Å². The number of alkyl halides is 3. The van der Waals surface area contributed by atoms with Crippen molar-refractivity contribution in [2.45, 2.75) is 52.1 Å². The fraction of sp³-hybridized carbons (Fsp3) is 0.341. The van der Waals surface area contributed by atoms with E-state index in [0.29, 0.717) is 53.5 Å². The number of aliphatic hydroxyl groups excluding tert-OH is 1. The number of carboxylic acids is 1. The van der Waals surface area contributed by atoms with E-state index in [-0.39, 0.29) is 36.2 Å². The highest BCUT2D eigenvalue weighted by atomic mass is 35.5. The monoisotopic (exact) mass is 762 g/mol. The van der Waals surface area contributed by atoms with Gasteiger partial charge in [0, 0.05) is 50.0 Å². The number of ether oxygens (including phenoxy) is 1. The van der Waals surface area contributed by atoms with Gasteiger partial charge in [-0.1, -0.05) is 60.2 Å². The van der Waals surface area contributed by atoms with Gasteiger partial charge in [0.25, 0.3) is 5.91 Å². The number of pyridine rings is 1. The van der Waals surface area contributed by atoms with Gasteiger partial charge >= 0.3 is 12.1 Å². The average Bonchev–Trinajstić information content (AvgIpc) is 3.73. The Morgan fingerprint density at radius 1 is 1.04 bits per heavy atom. The van der Waals surface area contributed by atoms with Crippen molar-refractivity contribution >= 4 is 41.3 Å². The Balaban J connectivity index is 1.21. The molecule has 54 heavy (non-hydrogen) atoms. The van der Waals surface area contributed by atoms with Gasteiger partial charge in [-0.15, -0.1) is 0 Å². The predicted molar refractivity (Wildman–Crippen MR) is 202 cm³/mol. The number of halogens is 4. The lowest BCUT2D eigenvalue weighted by molar-refractivity contribution is -0.147. The predicted octanol–water partition coefficient (Wildman–Crippen LogP) is 8.02. The number of amides is 1. The molecular formula is C41H42ClF3N4O5. The quantitative estimate of drug-likeness (QED) is 0.132. The SMILES string of the molecule is COc1cc(/C=C/c2cccc(-c3cccc(NC(=O)c4ccc(CN5CC[C@@H](O)C5)cn4)c3Cl)c2C)c(C(F)(F)F)cc1CN1CCC(C)(C(=O)O)C1. The first kappa shape index (κ1) is 39.0. The molecule has 3 heterocycles. The van der Waals surface area contributed by atoms with Gasteiger partial charge in [-0.2, -0.15) is 13.2 Å². The second-order valence-corrected chi connectivity index (χ2v) is 14.7. The highest BCUT2D eigenvalue weighted by Gasteiger charge is 2.41. The number of methoxy groups -OCH3 is 1. The normalized spacial score (nSPS) is 19.4. The summed E-state index contributed by atoms with van der Waals surface area (Å²) in [7, 11) is 1.40. The van der Waals surface area contributed by atoms with E-state index in [9.17, 15) is 33.0 Å². The maximum atomic E-state index is 14.5. The number of aromatic nitrogens is 1. The third-order valence-corrected chi connectivity index (χ3v) is 10.7. The molecular weight excluding hydrogens is 721 g/mol. The molecule has 6 rings (SSSR count). The van der Waals surface area contributed by atoms with Crippen molar-refractivity contribution in [2.24, 2.45) is 5.41 Å². The van der Waals surface area contributed by atoms with Crippen LogP contribution >= 0.6 is 11.6 Å². The minimum absolute atomic E-state index is 0.0797. The Morgan fingerprint density at radius 3 is 2.43 bits per heavy atom. The number of benzene rings is 3. The minimum atomic E-state index is -4.66. The Kier molecular flexibility index (Phi) is 11.5. The lowest BCUT2D eigenvalue weighted by Gasteiger charge is -2.22. The van der Waals surface area contributed by atoms with Gasteiger partial charge in [0.1, 0.15) is 11.4 Å². The van der Waals surface area contributed by atoms with Crippen molar-refractivity contribution in [3.05, 3.63) is 111 Å². The van der Waals surface area contributed by atoms with Crippen LogP contribution < -0.4 is 10.1 Å². The van der Waals surface area contributed by atoms with Crippen LogP contribution in [0.2, 0.25) is 5.02 Å². The second kappa shape index (κ2) is 15.9. The summed E-state index contributed by atoms with van der Waals surface area (Å²) in [5.41, 5.74) is 2.75. The molecule has 3 N–H and O–H groups in total. The van der Waals surface area contributed by atoms with E-state index >= 15 is 0 Å². The Hall–Kier alpha value is -4.75. The molecule has 1 aromatic heterocycles. The van der Waals surface area contributed by atoms with E-state index in [0.717, 1.165) is 35.7 Å². The van der Waals surface area contributed by atoms with Crippen molar-refractivity contribution in [1.29, 1.82) is 0 Å². The maximum absolute atomic E-state index is 14.5. The Labute approximate surface area is 317 Å². The topological polar surface area (TPSA) is 115 Å². The zero-order chi connectivity index (χ0) is 38.8. The summed E-state index contributed by atoms with van der Waals surface area (Å²) in [6.45, 7) is 6.32. The number of rotatable bonds is 11. The lowest BCUT2D eigenvalue weighted by Crippen LogP contribution is -2.31. The van der Waals surface area contributed by atoms with Crippen molar-refractivity contribution in [1.82, 2.24) is 14.8 Å². The average molecular weight is 763 g/mol. The number of hydrogen-bond donors (Lipinski definition) is 3. The Bertz CT molecular complexity index is 2070. The first-order chi connectivity index (χ1) is 25.6. The third-order valence-electron chi connectivity index (χ3n) is 10.3. The number of aliphatic carboxylic acids is 1. The molecule has 0 spiro atoms. The second-order valence-electron chi connectivity index (χ2n) is 14.3. The van der Waals surface area contributed by atoms with Crippen LogP contribution in [0, 0.1) is 12.3 Å². The molecule has 13 heteroatoms. The third kappa shape index (κ3) is 8.63. The van der Waals surface area contributed by atoms with Gasteiger partial charge in [-0.25, -0.2) is 0 Å². The van der Waals surface area contributed by atoms with Crippen LogP contribution in [0.3, 0.4) is 0 Å². The molecule has 2 saturated heterocycles. The first-order valence-electron chi connectivity index (χ1n) is 17.6. The van der Waals surface area contributed by atoms with E-state index in [2.05, 4.69) is 15.2 Å². The van der Waals surface area contributed by atoms with Crippen LogP contribution in [-0.4, -0.2) is 76.3 Å². The highest BCUT2D eigenvalue weighted by Crippen LogP contribution is 2.40. The number of carbonyl (C=O) groups excluding carboxylic acids is 1. The summed E-state index contributed by atoms with van der Waals surface area (Å²) in [4.78, 5) is 33.2. The first-order valence-corrected chi connectivity index (χ1v) is 18.0. The number of carboxylic acid groups (broad SMARTS) is 1. The van der Waals surface area contributed by atoms with Crippen molar-refractivity contribution < 1.29 is 37.7 Å². The molecule has 284 valence electrons. The van der Waals surface area contributed by atoms with Crippen molar-refractivity contribution in [3.63, 3.8) is 0 Å². The van der Waals surface area contributed by atoms with E-state index in [1.165, 1.54) is 19.3 Å². The van der Waals surface area contributed by atoms with E-state index in [1.807, 2.05) is 24.0 Å². The minimum Gasteiger partial charge on any atom is -0.496 e. The van der Waals surface area contributed by atoms with Gasteiger partial charge in [-0.3, -0.25) is 24.4 Å². The van der Waals surface area contributed by atoms with Crippen molar-refractivity contribution in [2.75, 3.05) is 38.6 Å². The molecule has 1 unspecified atom stereocenters. The maximum Gasteiger partial charge on any atom is 0.417 e. The molecule has 2 fully saturated rings. The summed E-state index contributed by atoms with van der Waals surface area (Å²) in [5, 5.41) is 22.5. The molecule has 2 aliphatic rings. The van der Waals surface area contributed by atoms with Crippen LogP contribution in [-0.2, 0) is 24.1 Å². The number of anilines is 1. The van der Waals surface area contributed by atoms with Crippen LogP contribution in [0.1, 0.15) is 63.6 Å². The molecule has 0 radical (unpaired) electrons.